The molecule has 1 rings (SSSR count). The van der Waals surface area contributed by atoms with Gasteiger partial charge in [-0.25, -0.2) is 4.39 Å². The zero-order valence-corrected chi connectivity index (χ0v) is 10.1. The van der Waals surface area contributed by atoms with E-state index in [9.17, 15) is 9.18 Å². The van der Waals surface area contributed by atoms with E-state index in [2.05, 4.69) is 5.32 Å². The molecule has 1 atom stereocenters. The predicted molar refractivity (Wildman–Crippen MR) is 65.9 cm³/mol. The fourth-order valence-electron chi connectivity index (χ4n) is 1.64. The number of halogens is 1. The first-order valence-electron chi connectivity index (χ1n) is 5.86. The molecule has 3 nitrogen and oxygen atoms in total. The Morgan fingerprint density at radius 3 is 2.88 bits per heavy atom. The van der Waals surface area contributed by atoms with E-state index in [0.29, 0.717) is 6.42 Å². The number of rotatable bonds is 7. The summed E-state index contributed by atoms with van der Waals surface area (Å²) >= 11 is 0. The van der Waals surface area contributed by atoms with Crippen LogP contribution in [0.15, 0.2) is 24.3 Å². The lowest BCUT2D eigenvalue weighted by Crippen LogP contribution is -2.20. The summed E-state index contributed by atoms with van der Waals surface area (Å²) in [6, 6.07) is 6.67. The molecule has 0 aliphatic heterocycles. The van der Waals surface area contributed by atoms with Gasteiger partial charge < -0.3 is 11.1 Å². The lowest BCUT2D eigenvalue weighted by Gasteiger charge is -2.14. The minimum absolute atomic E-state index is 0.110. The van der Waals surface area contributed by atoms with Crippen molar-refractivity contribution in [3.05, 3.63) is 35.6 Å². The fraction of sp³-hybridized carbons (Fsp3) is 0.462. The summed E-state index contributed by atoms with van der Waals surface area (Å²) in [6.45, 7) is 2.79. The molecule has 0 heterocycles. The number of amides is 1. The summed E-state index contributed by atoms with van der Waals surface area (Å²) in [5.74, 6) is -0.479. The first-order chi connectivity index (χ1) is 8.09. The van der Waals surface area contributed by atoms with E-state index in [-0.39, 0.29) is 17.8 Å². The van der Waals surface area contributed by atoms with Gasteiger partial charge in [-0.1, -0.05) is 12.1 Å². The molecule has 1 aromatic carbocycles. The molecule has 0 aromatic heterocycles. The van der Waals surface area contributed by atoms with Crippen LogP contribution in [-0.4, -0.2) is 12.5 Å². The molecule has 0 aliphatic carbocycles. The maximum atomic E-state index is 13.0. The molecule has 1 aromatic rings. The summed E-state index contributed by atoms with van der Waals surface area (Å²) in [5, 5.41) is 3.28. The summed E-state index contributed by atoms with van der Waals surface area (Å²) in [7, 11) is 0. The SMILES string of the molecule is CC(NCCCCC(N)=O)c1cccc(F)c1. The number of carbonyl (C=O) groups is 1. The number of unbranched alkanes of at least 4 members (excludes halogenated alkanes) is 1. The minimum atomic E-state index is -0.261. The standard InChI is InChI=1S/C13H19FN2O/c1-10(11-5-4-6-12(14)9-11)16-8-3-2-7-13(15)17/h4-6,9-10,16H,2-3,7-8H2,1H3,(H2,15,17). The molecule has 1 amide bonds. The highest BCUT2D eigenvalue weighted by molar-refractivity contribution is 5.73. The van der Waals surface area contributed by atoms with Gasteiger partial charge in [0.25, 0.3) is 0 Å². The van der Waals surface area contributed by atoms with Gasteiger partial charge in [-0.15, -0.1) is 0 Å². The molecular formula is C13H19FN2O. The van der Waals surface area contributed by atoms with Crippen molar-refractivity contribution in [2.24, 2.45) is 5.73 Å². The zero-order chi connectivity index (χ0) is 12.7. The van der Waals surface area contributed by atoms with Crippen molar-refractivity contribution in [3.8, 4) is 0 Å². The van der Waals surface area contributed by atoms with Gasteiger partial charge in [-0.3, -0.25) is 4.79 Å². The Balaban J connectivity index is 2.25. The van der Waals surface area contributed by atoms with Gasteiger partial charge in [-0.2, -0.15) is 0 Å². The van der Waals surface area contributed by atoms with Crippen LogP contribution in [0.1, 0.15) is 37.8 Å². The summed E-state index contributed by atoms with van der Waals surface area (Å²) < 4.78 is 13.0. The maximum Gasteiger partial charge on any atom is 0.217 e. The number of benzene rings is 1. The molecule has 0 radical (unpaired) electrons. The van der Waals surface area contributed by atoms with Crippen LogP contribution >= 0.6 is 0 Å². The Hall–Kier alpha value is -1.42. The van der Waals surface area contributed by atoms with Crippen LogP contribution in [0.25, 0.3) is 0 Å². The Kier molecular flexibility index (Phi) is 5.63. The number of hydrogen-bond donors (Lipinski definition) is 2. The Bertz CT molecular complexity index is 368. The molecule has 0 saturated carbocycles. The molecule has 3 N–H and O–H groups in total. The molecule has 0 bridgehead atoms. The van der Waals surface area contributed by atoms with Crippen LogP contribution < -0.4 is 11.1 Å². The van der Waals surface area contributed by atoms with Crippen molar-refractivity contribution in [3.63, 3.8) is 0 Å². The lowest BCUT2D eigenvalue weighted by molar-refractivity contribution is -0.118. The van der Waals surface area contributed by atoms with Crippen molar-refractivity contribution in [2.45, 2.75) is 32.2 Å². The van der Waals surface area contributed by atoms with Crippen LogP contribution in [-0.2, 0) is 4.79 Å². The molecule has 4 heteroatoms. The normalized spacial score (nSPS) is 12.4. The van der Waals surface area contributed by atoms with Gasteiger partial charge in [0.2, 0.25) is 5.91 Å². The third-order valence-corrected chi connectivity index (χ3v) is 2.65. The highest BCUT2D eigenvalue weighted by atomic mass is 19.1. The van der Waals surface area contributed by atoms with Gasteiger partial charge in [0.05, 0.1) is 0 Å². The van der Waals surface area contributed by atoms with Gasteiger partial charge in [0, 0.05) is 12.5 Å². The fourth-order valence-corrected chi connectivity index (χ4v) is 1.64. The summed E-state index contributed by atoms with van der Waals surface area (Å²) in [6.07, 6.45) is 2.11. The van der Waals surface area contributed by atoms with E-state index in [0.717, 1.165) is 24.9 Å². The number of primary amides is 1. The smallest absolute Gasteiger partial charge is 0.217 e. The average molecular weight is 238 g/mol. The monoisotopic (exact) mass is 238 g/mol. The van der Waals surface area contributed by atoms with Crippen LogP contribution in [0, 0.1) is 5.82 Å². The number of hydrogen-bond acceptors (Lipinski definition) is 2. The topological polar surface area (TPSA) is 55.1 Å². The highest BCUT2D eigenvalue weighted by Crippen LogP contribution is 2.13. The van der Waals surface area contributed by atoms with E-state index in [1.165, 1.54) is 12.1 Å². The third-order valence-electron chi connectivity index (χ3n) is 2.65. The Labute approximate surface area is 101 Å². The summed E-state index contributed by atoms with van der Waals surface area (Å²) in [4.78, 5) is 10.5. The summed E-state index contributed by atoms with van der Waals surface area (Å²) in [5.41, 5.74) is 5.97. The first-order valence-corrected chi connectivity index (χ1v) is 5.86. The molecule has 94 valence electrons. The number of carbonyl (C=O) groups excluding carboxylic acids is 1. The Morgan fingerprint density at radius 2 is 2.24 bits per heavy atom. The van der Waals surface area contributed by atoms with Gasteiger partial charge in [-0.05, 0) is 44.0 Å². The second kappa shape index (κ2) is 7.01. The number of nitrogens with one attached hydrogen (secondary N) is 1. The van der Waals surface area contributed by atoms with Crippen molar-refractivity contribution in [1.29, 1.82) is 0 Å². The van der Waals surface area contributed by atoms with Crippen molar-refractivity contribution in [1.82, 2.24) is 5.32 Å². The first kappa shape index (κ1) is 13.6. The molecule has 1 unspecified atom stereocenters. The minimum Gasteiger partial charge on any atom is -0.370 e. The van der Waals surface area contributed by atoms with E-state index in [4.69, 9.17) is 5.73 Å². The second-order valence-corrected chi connectivity index (χ2v) is 4.15. The highest BCUT2D eigenvalue weighted by Gasteiger charge is 2.04. The Morgan fingerprint density at radius 1 is 1.47 bits per heavy atom. The van der Waals surface area contributed by atoms with Crippen LogP contribution in [0.5, 0.6) is 0 Å². The van der Waals surface area contributed by atoms with E-state index >= 15 is 0 Å². The second-order valence-electron chi connectivity index (χ2n) is 4.15. The van der Waals surface area contributed by atoms with Crippen LogP contribution in [0.4, 0.5) is 4.39 Å². The molecule has 17 heavy (non-hydrogen) atoms. The molecule has 0 saturated heterocycles. The molecular weight excluding hydrogens is 219 g/mol. The van der Waals surface area contributed by atoms with E-state index < -0.39 is 0 Å². The largest absolute Gasteiger partial charge is 0.370 e. The predicted octanol–water partition coefficient (Wildman–Crippen LogP) is 2.13. The van der Waals surface area contributed by atoms with Gasteiger partial charge >= 0.3 is 0 Å². The van der Waals surface area contributed by atoms with Crippen molar-refractivity contribution < 1.29 is 9.18 Å². The number of nitrogens with two attached hydrogens (primary N) is 1. The molecule has 0 aliphatic rings. The maximum absolute atomic E-state index is 13.0. The average Bonchev–Trinajstić information content (AvgIpc) is 2.28. The van der Waals surface area contributed by atoms with E-state index in [1.807, 2.05) is 13.0 Å². The van der Waals surface area contributed by atoms with Gasteiger partial charge in [0.1, 0.15) is 5.82 Å². The van der Waals surface area contributed by atoms with E-state index in [1.54, 1.807) is 6.07 Å². The third kappa shape index (κ3) is 5.45. The zero-order valence-electron chi connectivity index (χ0n) is 10.1. The van der Waals surface area contributed by atoms with Gasteiger partial charge in [0.15, 0.2) is 0 Å². The molecule has 0 spiro atoms. The quantitative estimate of drug-likeness (QED) is 0.715. The van der Waals surface area contributed by atoms with Crippen LogP contribution in [0.3, 0.4) is 0 Å². The lowest BCUT2D eigenvalue weighted by atomic mass is 10.1. The molecule has 0 fully saturated rings. The van der Waals surface area contributed by atoms with Crippen LogP contribution in [0.2, 0.25) is 0 Å². The van der Waals surface area contributed by atoms with Crippen molar-refractivity contribution in [2.75, 3.05) is 6.54 Å². The van der Waals surface area contributed by atoms with Crippen molar-refractivity contribution >= 4 is 5.91 Å².